The van der Waals surface area contributed by atoms with Gasteiger partial charge in [0.05, 0.1) is 0 Å². The van der Waals surface area contributed by atoms with Crippen LogP contribution in [0.25, 0.3) is 0 Å². The molecule has 0 aliphatic rings. The second-order valence-corrected chi connectivity index (χ2v) is 3.03. The van der Waals surface area contributed by atoms with Crippen LogP contribution < -0.4 is 5.73 Å². The summed E-state index contributed by atoms with van der Waals surface area (Å²) in [5, 5.41) is 0. The highest BCUT2D eigenvalue weighted by Gasteiger charge is 1.94. The van der Waals surface area contributed by atoms with Gasteiger partial charge in [-0.05, 0) is 25.5 Å². The lowest BCUT2D eigenvalue weighted by Crippen LogP contribution is -1.85. The highest BCUT2D eigenvalue weighted by atomic mass is 35.5. The second kappa shape index (κ2) is 6.24. The lowest BCUT2D eigenvalue weighted by Gasteiger charge is -1.95. The van der Waals surface area contributed by atoms with Crippen LogP contribution in [0.3, 0.4) is 0 Å². The van der Waals surface area contributed by atoms with Crippen LogP contribution in [0.4, 0.5) is 0 Å². The van der Waals surface area contributed by atoms with Gasteiger partial charge in [-0.15, -0.1) is 23.2 Å². The monoisotopic (exact) mass is 167 g/mol. The first-order chi connectivity index (χ1) is 4.27. The number of hydrogen-bond acceptors (Lipinski definition) is 1. The van der Waals surface area contributed by atoms with E-state index in [4.69, 9.17) is 28.9 Å². The van der Waals surface area contributed by atoms with Crippen LogP contribution in [0.5, 0.6) is 0 Å². The second-order valence-electron chi connectivity index (χ2n) is 1.75. The number of hydrogen-bond donors (Lipinski definition) is 1. The van der Waals surface area contributed by atoms with Crippen molar-refractivity contribution >= 4 is 23.2 Å². The van der Waals surface area contributed by atoms with Crippen LogP contribution in [0.15, 0.2) is 12.3 Å². The molecule has 0 rings (SSSR count). The Balaban J connectivity index is 2.91. The molecule has 0 aliphatic carbocycles. The van der Waals surface area contributed by atoms with Crippen LogP contribution in [-0.2, 0) is 0 Å². The molecule has 0 saturated carbocycles. The van der Waals surface area contributed by atoms with Crippen molar-refractivity contribution in [3.8, 4) is 0 Å². The first-order valence-electron chi connectivity index (χ1n) is 2.92. The summed E-state index contributed by atoms with van der Waals surface area (Å²) in [5.74, 6) is 0. The molecule has 0 spiro atoms. The van der Waals surface area contributed by atoms with Gasteiger partial charge in [0.25, 0.3) is 0 Å². The topological polar surface area (TPSA) is 26.0 Å². The van der Waals surface area contributed by atoms with Gasteiger partial charge in [-0.2, -0.15) is 0 Å². The fraction of sp³-hybridized carbons (Fsp3) is 0.667. The van der Waals surface area contributed by atoms with Crippen molar-refractivity contribution in [2.45, 2.75) is 24.1 Å². The molecule has 0 atom stereocenters. The maximum absolute atomic E-state index is 5.47. The predicted octanol–water partition coefficient (Wildman–Crippen LogP) is 2.43. The molecule has 0 heterocycles. The van der Waals surface area contributed by atoms with Gasteiger partial charge in [0.15, 0.2) is 0 Å². The Hall–Kier alpha value is 0.120. The van der Waals surface area contributed by atoms with E-state index in [1.165, 1.54) is 6.20 Å². The minimum absolute atomic E-state index is 0.226. The Morgan fingerprint density at radius 1 is 1.44 bits per heavy atom. The Morgan fingerprint density at radius 3 is 2.56 bits per heavy atom. The molecule has 54 valence electrons. The molecular weight excluding hydrogens is 157 g/mol. The fourth-order valence-corrected chi connectivity index (χ4v) is 0.795. The van der Waals surface area contributed by atoms with Crippen molar-refractivity contribution in [1.29, 1.82) is 0 Å². The van der Waals surface area contributed by atoms with E-state index in [1.54, 1.807) is 0 Å². The molecule has 3 heteroatoms. The molecule has 2 N–H and O–H groups in total. The summed E-state index contributed by atoms with van der Waals surface area (Å²) in [6.45, 7) is 0. The zero-order chi connectivity index (χ0) is 7.11. The number of nitrogens with two attached hydrogens (primary N) is 1. The van der Waals surface area contributed by atoms with Crippen molar-refractivity contribution < 1.29 is 0 Å². The molecule has 0 amide bonds. The molecule has 0 aliphatic heterocycles. The van der Waals surface area contributed by atoms with Gasteiger partial charge in [0, 0.05) is 0 Å². The van der Waals surface area contributed by atoms with E-state index in [9.17, 15) is 0 Å². The van der Waals surface area contributed by atoms with Gasteiger partial charge < -0.3 is 5.73 Å². The van der Waals surface area contributed by atoms with Crippen LogP contribution in [-0.4, -0.2) is 4.84 Å². The molecule has 0 aromatic rings. The number of halogens is 2. The first kappa shape index (κ1) is 9.12. The van der Waals surface area contributed by atoms with Crippen molar-refractivity contribution in [3.05, 3.63) is 12.3 Å². The Morgan fingerprint density at radius 2 is 2.11 bits per heavy atom. The molecule has 1 nitrogen and oxygen atoms in total. The summed E-state index contributed by atoms with van der Waals surface area (Å²) >= 11 is 10.9. The lowest BCUT2D eigenvalue weighted by molar-refractivity contribution is 0.795. The molecular formula is C6H11Cl2N. The maximum atomic E-state index is 5.47. The average Bonchev–Trinajstić information content (AvgIpc) is 1.80. The minimum atomic E-state index is -0.226. The van der Waals surface area contributed by atoms with Gasteiger partial charge in [-0.25, -0.2) is 0 Å². The summed E-state index contributed by atoms with van der Waals surface area (Å²) in [7, 11) is 0. The molecule has 9 heavy (non-hydrogen) atoms. The van der Waals surface area contributed by atoms with Gasteiger partial charge in [0.2, 0.25) is 0 Å². The molecule has 0 aromatic carbocycles. The van der Waals surface area contributed by atoms with Crippen LogP contribution in [0.1, 0.15) is 19.3 Å². The van der Waals surface area contributed by atoms with Crippen LogP contribution in [0, 0.1) is 0 Å². The van der Waals surface area contributed by atoms with E-state index >= 15 is 0 Å². The summed E-state index contributed by atoms with van der Waals surface area (Å²) in [4.78, 5) is -0.226. The molecule has 0 saturated heterocycles. The van der Waals surface area contributed by atoms with Crippen molar-refractivity contribution in [2.75, 3.05) is 0 Å². The molecule has 0 unspecified atom stereocenters. The standard InChI is InChI=1S/C6H11Cl2N/c7-6(8)4-2-1-3-5-9/h3,5-6H,1-2,4,9H2. The fourth-order valence-electron chi connectivity index (χ4n) is 0.486. The summed E-state index contributed by atoms with van der Waals surface area (Å²) in [6, 6.07) is 0. The lowest BCUT2D eigenvalue weighted by atomic mass is 10.2. The van der Waals surface area contributed by atoms with E-state index in [0.29, 0.717) is 0 Å². The van der Waals surface area contributed by atoms with E-state index in [2.05, 4.69) is 0 Å². The third-order valence-electron chi connectivity index (χ3n) is 0.929. The zero-order valence-electron chi connectivity index (χ0n) is 5.19. The normalized spacial score (nSPS) is 11.4. The van der Waals surface area contributed by atoms with Crippen molar-refractivity contribution in [1.82, 2.24) is 0 Å². The predicted molar refractivity (Wildman–Crippen MR) is 42.7 cm³/mol. The molecule has 0 bridgehead atoms. The Bertz CT molecular complexity index is 81.1. The molecule has 0 aromatic heterocycles. The number of unbranched alkanes of at least 4 members (excludes halogenated alkanes) is 1. The minimum Gasteiger partial charge on any atom is -0.405 e. The van der Waals surface area contributed by atoms with Gasteiger partial charge in [-0.3, -0.25) is 0 Å². The summed E-state index contributed by atoms with van der Waals surface area (Å²) in [6.07, 6.45) is 6.25. The smallest absolute Gasteiger partial charge is 0.107 e. The van der Waals surface area contributed by atoms with E-state index in [-0.39, 0.29) is 4.84 Å². The van der Waals surface area contributed by atoms with Crippen LogP contribution >= 0.6 is 23.2 Å². The Labute approximate surface area is 65.8 Å². The number of rotatable bonds is 4. The van der Waals surface area contributed by atoms with Crippen molar-refractivity contribution in [2.24, 2.45) is 5.73 Å². The third kappa shape index (κ3) is 8.12. The zero-order valence-corrected chi connectivity index (χ0v) is 6.70. The van der Waals surface area contributed by atoms with E-state index < -0.39 is 0 Å². The number of alkyl halides is 2. The highest BCUT2D eigenvalue weighted by Crippen LogP contribution is 2.10. The third-order valence-corrected chi connectivity index (χ3v) is 1.37. The SMILES string of the molecule is NC=CCCCC(Cl)Cl. The van der Waals surface area contributed by atoms with Gasteiger partial charge in [-0.1, -0.05) is 6.08 Å². The summed E-state index contributed by atoms with van der Waals surface area (Å²) < 4.78 is 0. The van der Waals surface area contributed by atoms with Gasteiger partial charge in [0.1, 0.15) is 4.84 Å². The van der Waals surface area contributed by atoms with E-state index in [1.807, 2.05) is 6.08 Å². The van der Waals surface area contributed by atoms with Crippen molar-refractivity contribution in [3.63, 3.8) is 0 Å². The van der Waals surface area contributed by atoms with Crippen LogP contribution in [0.2, 0.25) is 0 Å². The highest BCUT2D eigenvalue weighted by molar-refractivity contribution is 6.44. The molecule has 0 fully saturated rings. The maximum Gasteiger partial charge on any atom is 0.107 e. The number of allylic oxidation sites excluding steroid dienone is 1. The summed E-state index contributed by atoms with van der Waals surface area (Å²) in [5.41, 5.74) is 5.10. The quantitative estimate of drug-likeness (QED) is 0.506. The van der Waals surface area contributed by atoms with E-state index in [0.717, 1.165) is 19.3 Å². The Kier molecular flexibility index (Phi) is 6.33. The van der Waals surface area contributed by atoms with Gasteiger partial charge >= 0.3 is 0 Å². The largest absolute Gasteiger partial charge is 0.405 e. The molecule has 0 radical (unpaired) electrons. The first-order valence-corrected chi connectivity index (χ1v) is 3.79. The average molecular weight is 168 g/mol.